The Labute approximate surface area is 197 Å². The molecular weight excluding hydrogens is 458 g/mol. The highest BCUT2D eigenvalue weighted by Crippen LogP contribution is 2.38. The van der Waals surface area contributed by atoms with E-state index in [0.717, 1.165) is 6.07 Å². The first-order chi connectivity index (χ1) is 16.8. The van der Waals surface area contributed by atoms with Gasteiger partial charge in [0.1, 0.15) is 5.82 Å². The van der Waals surface area contributed by atoms with Crippen LogP contribution in [0.2, 0.25) is 0 Å². The minimum Gasteiger partial charge on any atom is -0.356 e. The van der Waals surface area contributed by atoms with Crippen molar-refractivity contribution < 1.29 is 17.6 Å². The molecule has 0 aliphatic heterocycles. The van der Waals surface area contributed by atoms with Gasteiger partial charge in [0, 0.05) is 41.1 Å². The van der Waals surface area contributed by atoms with E-state index in [1.165, 1.54) is 36.4 Å². The summed E-state index contributed by atoms with van der Waals surface area (Å²) >= 11 is 0. The molecular formula is C26H17F4N5. The largest absolute Gasteiger partial charge is 0.417 e. The van der Waals surface area contributed by atoms with Gasteiger partial charge in [0.2, 0.25) is 0 Å². The second kappa shape index (κ2) is 8.68. The minimum atomic E-state index is -4.60. The number of benzene rings is 2. The Morgan fingerprint density at radius 1 is 0.914 bits per heavy atom. The minimum absolute atomic E-state index is 0.0321. The highest BCUT2D eigenvalue weighted by Gasteiger charge is 2.34. The Morgan fingerprint density at radius 2 is 1.66 bits per heavy atom. The number of hydrogen-bond donors (Lipinski definition) is 1. The molecule has 0 bridgehead atoms. The Balaban J connectivity index is 1.60. The number of fused-ring (bicyclic) bond motifs is 1. The number of alkyl halides is 3. The quantitative estimate of drug-likeness (QED) is 0.288. The zero-order valence-electron chi connectivity index (χ0n) is 18.1. The maximum Gasteiger partial charge on any atom is 0.417 e. The number of nitrogens with zero attached hydrogens (tertiary/aromatic N) is 4. The van der Waals surface area contributed by atoms with Crippen LogP contribution >= 0.6 is 0 Å². The summed E-state index contributed by atoms with van der Waals surface area (Å²) in [5.41, 5.74) is 1.39. The summed E-state index contributed by atoms with van der Waals surface area (Å²) in [4.78, 5) is 12.9. The summed E-state index contributed by atoms with van der Waals surface area (Å²) < 4.78 is 56.5. The third kappa shape index (κ3) is 4.35. The molecule has 0 radical (unpaired) electrons. The van der Waals surface area contributed by atoms with E-state index in [1.54, 1.807) is 47.4 Å². The third-order valence-electron chi connectivity index (χ3n) is 5.44. The van der Waals surface area contributed by atoms with Crippen LogP contribution in [0.5, 0.6) is 0 Å². The van der Waals surface area contributed by atoms with Crippen molar-refractivity contribution in [3.63, 3.8) is 0 Å². The highest BCUT2D eigenvalue weighted by molar-refractivity contribution is 5.85. The highest BCUT2D eigenvalue weighted by atomic mass is 19.4. The average molecular weight is 475 g/mol. The van der Waals surface area contributed by atoms with Crippen LogP contribution < -0.4 is 5.32 Å². The number of rotatable bonds is 5. The lowest BCUT2D eigenvalue weighted by atomic mass is 9.97. The lowest BCUT2D eigenvalue weighted by Crippen LogP contribution is -2.11. The Hall–Kier alpha value is -4.53. The van der Waals surface area contributed by atoms with Crippen LogP contribution in [0, 0.1) is 5.82 Å². The molecule has 0 aliphatic carbocycles. The topological polar surface area (TPSA) is 55.1 Å². The normalized spacial score (nSPS) is 11.5. The van der Waals surface area contributed by atoms with Gasteiger partial charge in [0.25, 0.3) is 0 Å². The van der Waals surface area contributed by atoms with Gasteiger partial charge in [-0.25, -0.2) is 19.3 Å². The van der Waals surface area contributed by atoms with Gasteiger partial charge in [0.05, 0.1) is 17.3 Å². The molecule has 3 aromatic heterocycles. The van der Waals surface area contributed by atoms with E-state index < -0.39 is 17.6 Å². The summed E-state index contributed by atoms with van der Waals surface area (Å²) in [6, 6.07) is 14.4. The summed E-state index contributed by atoms with van der Waals surface area (Å²) in [6.45, 7) is 3.82. The molecule has 9 heteroatoms. The summed E-state index contributed by atoms with van der Waals surface area (Å²) in [6.07, 6.45) is 2.04. The molecule has 0 fully saturated rings. The fraction of sp³-hybridized carbons (Fsp3) is 0.0385. The number of imidazole rings is 1. The van der Waals surface area contributed by atoms with Gasteiger partial charge in [-0.05, 0) is 54.1 Å². The summed E-state index contributed by atoms with van der Waals surface area (Å²) in [5, 5.41) is 2.84. The second-order valence-corrected chi connectivity index (χ2v) is 7.70. The van der Waals surface area contributed by atoms with Gasteiger partial charge in [0.15, 0.2) is 11.6 Å². The first-order valence-electron chi connectivity index (χ1n) is 10.5. The number of halogens is 4. The van der Waals surface area contributed by atoms with Crippen molar-refractivity contribution in [2.75, 3.05) is 5.32 Å². The van der Waals surface area contributed by atoms with E-state index in [-0.39, 0.29) is 11.3 Å². The molecule has 3 heterocycles. The Kier molecular flexibility index (Phi) is 5.52. The van der Waals surface area contributed by atoms with Crippen LogP contribution in [0.15, 0.2) is 92.0 Å². The van der Waals surface area contributed by atoms with Crippen molar-refractivity contribution in [1.29, 1.82) is 0 Å². The SMILES string of the molecule is C=C(Nc1ccc(F)cc1)c1cc(-c2cccn3c(-c4ncccn4)ncc23)ccc1C(F)(F)F. The van der Waals surface area contributed by atoms with Gasteiger partial charge in [-0.2, -0.15) is 13.2 Å². The van der Waals surface area contributed by atoms with Crippen molar-refractivity contribution in [3.8, 4) is 22.8 Å². The maximum atomic E-state index is 13.8. The molecule has 0 spiro atoms. The van der Waals surface area contributed by atoms with Crippen LogP contribution in [0.4, 0.5) is 23.2 Å². The van der Waals surface area contributed by atoms with Gasteiger partial charge in [-0.1, -0.05) is 18.7 Å². The molecule has 0 saturated carbocycles. The fourth-order valence-electron chi connectivity index (χ4n) is 3.83. The predicted octanol–water partition coefficient (Wildman–Crippen LogP) is 6.70. The molecule has 35 heavy (non-hydrogen) atoms. The monoisotopic (exact) mass is 475 g/mol. The standard InChI is InChI=1S/C26H17F4N5/c1-16(34-19-8-6-18(27)7-9-19)21-14-17(5-10-22(21)26(28,29)30)20-4-2-13-35-23(20)15-33-25(35)24-31-11-3-12-32-24/h2-15,34H,1H2. The van der Waals surface area contributed by atoms with E-state index in [0.29, 0.717) is 34.0 Å². The summed E-state index contributed by atoms with van der Waals surface area (Å²) in [7, 11) is 0. The van der Waals surface area contributed by atoms with E-state index >= 15 is 0 Å². The molecule has 0 unspecified atom stereocenters. The van der Waals surface area contributed by atoms with Crippen molar-refractivity contribution >= 4 is 16.9 Å². The van der Waals surface area contributed by atoms with E-state index in [1.807, 2.05) is 0 Å². The van der Waals surface area contributed by atoms with Crippen LogP contribution in [-0.2, 0) is 6.18 Å². The van der Waals surface area contributed by atoms with E-state index in [4.69, 9.17) is 0 Å². The van der Waals surface area contributed by atoms with Crippen molar-refractivity contribution in [2.45, 2.75) is 6.18 Å². The molecule has 0 amide bonds. The van der Waals surface area contributed by atoms with Gasteiger partial charge < -0.3 is 5.32 Å². The molecule has 1 N–H and O–H groups in total. The van der Waals surface area contributed by atoms with Crippen LogP contribution in [0.25, 0.3) is 34.0 Å². The first-order valence-corrected chi connectivity index (χ1v) is 10.5. The van der Waals surface area contributed by atoms with Crippen molar-refractivity contribution in [2.24, 2.45) is 0 Å². The van der Waals surface area contributed by atoms with Crippen LogP contribution in [0.3, 0.4) is 0 Å². The molecule has 5 rings (SSSR count). The lowest BCUT2D eigenvalue weighted by Gasteiger charge is -2.18. The molecule has 5 aromatic rings. The maximum absolute atomic E-state index is 13.8. The number of anilines is 1. The molecule has 5 nitrogen and oxygen atoms in total. The number of nitrogens with one attached hydrogen (secondary N) is 1. The average Bonchev–Trinajstić information content (AvgIpc) is 3.29. The number of pyridine rings is 1. The van der Waals surface area contributed by atoms with Crippen molar-refractivity contribution in [1.82, 2.24) is 19.4 Å². The molecule has 0 aliphatic rings. The third-order valence-corrected chi connectivity index (χ3v) is 5.44. The van der Waals surface area contributed by atoms with Crippen LogP contribution in [-0.4, -0.2) is 19.4 Å². The predicted molar refractivity (Wildman–Crippen MR) is 126 cm³/mol. The molecule has 2 aromatic carbocycles. The summed E-state index contributed by atoms with van der Waals surface area (Å²) in [5.74, 6) is 0.486. The van der Waals surface area contributed by atoms with Gasteiger partial charge in [-0.3, -0.25) is 4.40 Å². The zero-order valence-corrected chi connectivity index (χ0v) is 18.1. The van der Waals surface area contributed by atoms with Crippen LogP contribution in [0.1, 0.15) is 11.1 Å². The lowest BCUT2D eigenvalue weighted by molar-refractivity contribution is -0.137. The fourth-order valence-corrected chi connectivity index (χ4v) is 3.83. The molecule has 174 valence electrons. The molecule has 0 saturated heterocycles. The van der Waals surface area contributed by atoms with Crippen molar-refractivity contribution in [3.05, 3.63) is 109 Å². The Bertz CT molecular complexity index is 1520. The van der Waals surface area contributed by atoms with Gasteiger partial charge in [-0.15, -0.1) is 0 Å². The second-order valence-electron chi connectivity index (χ2n) is 7.70. The zero-order chi connectivity index (χ0) is 24.6. The first kappa shape index (κ1) is 22.3. The number of aromatic nitrogens is 4. The van der Waals surface area contributed by atoms with Gasteiger partial charge >= 0.3 is 6.18 Å². The number of hydrogen-bond acceptors (Lipinski definition) is 4. The van der Waals surface area contributed by atoms with E-state index in [2.05, 4.69) is 26.8 Å². The Morgan fingerprint density at radius 3 is 2.37 bits per heavy atom. The smallest absolute Gasteiger partial charge is 0.356 e. The van der Waals surface area contributed by atoms with E-state index in [9.17, 15) is 17.6 Å². The molecule has 0 atom stereocenters.